The average Bonchev–Trinajstić information content (AvgIpc) is 1.66. The van der Waals surface area contributed by atoms with Gasteiger partial charge in [-0.05, 0) is 131 Å². The van der Waals surface area contributed by atoms with Crippen molar-refractivity contribution in [1.29, 1.82) is 0 Å². The monoisotopic (exact) mass is 1630 g/mol. The third-order valence-electron chi connectivity index (χ3n) is 17.5. The number of ketones is 4. The number of ether oxygens (including phenoxy) is 6. The van der Waals surface area contributed by atoms with E-state index in [2.05, 4.69) is 66.6 Å². The molecule has 4 aliphatic heterocycles. The molecular weight excluding hydrogens is 1530 g/mol. The Labute approximate surface area is 622 Å². The molecule has 0 amide bonds. The summed E-state index contributed by atoms with van der Waals surface area (Å²) >= 11 is 0. The maximum atomic E-state index is 12.6. The molecule has 0 bridgehead atoms. The van der Waals surface area contributed by atoms with Gasteiger partial charge in [0.2, 0.25) is 0 Å². The lowest BCUT2D eigenvalue weighted by molar-refractivity contribution is -0.205. The van der Waals surface area contributed by atoms with E-state index in [9.17, 15) is 116 Å². The van der Waals surface area contributed by atoms with Gasteiger partial charge in [-0.15, -0.1) is 52.7 Å². The number of nitrogens with one attached hydrogen (secondary N) is 4. The SMILES string of the molecule is C=P(C)(C)CC[C@H]1O[C@@H](n2cc(C(O)C(C)=O)c(=O)[nH]c2=O)[C@H](O)[C@@H]1O.C=P(C)(C)CC[C@H]1O[C@@H](n2cc(C(OC(=O)C(F)(F)F)C(C)=O)c(=O)[nH]c2=O)[C@H](O)[C@@H]1O.C=P(C)(C)CC[C@H]1O[C@@H](n2cc(CC(C)=O)c(=O)[nH]c2=O)[C@H](O)[C@@H]1O.C=P(C)(C)CC[C@H]1O[C@@H](n2cc(CC(C)=O)c(=O)[nH]c2=O)[C@H](OC)[C@@H]1O. The van der Waals surface area contributed by atoms with Crippen molar-refractivity contribution < 1.29 is 106 Å². The smallest absolute Gasteiger partial charge is 0.442 e. The van der Waals surface area contributed by atoms with E-state index in [1.807, 2.05) is 31.6 Å². The number of nitrogens with zero attached hydrogens (tertiary/aromatic N) is 4. The van der Waals surface area contributed by atoms with Gasteiger partial charge in [0.25, 0.3) is 22.2 Å². The Morgan fingerprint density at radius 3 is 1.04 bits per heavy atom. The Kier molecular flexibility index (Phi) is 32.2. The predicted octanol–water partition coefficient (Wildman–Crippen LogP) is -1.70. The molecule has 35 nitrogen and oxygen atoms in total. The van der Waals surface area contributed by atoms with Crippen molar-refractivity contribution in [2.75, 3.05) is 85.1 Å². The molecule has 4 aromatic rings. The molecular formula is C67H101F3N8O27P4. The number of carbonyl (C=O) groups is 5. The van der Waals surface area contributed by atoms with E-state index in [0.29, 0.717) is 42.6 Å². The van der Waals surface area contributed by atoms with Crippen molar-refractivity contribution in [3.63, 3.8) is 0 Å². The lowest BCUT2D eigenvalue weighted by Crippen LogP contribution is -2.40. The van der Waals surface area contributed by atoms with E-state index in [1.165, 1.54) is 37.9 Å². The highest BCUT2D eigenvalue weighted by atomic mass is 31.2. The van der Waals surface area contributed by atoms with Gasteiger partial charge in [0.1, 0.15) is 66.5 Å². The van der Waals surface area contributed by atoms with Gasteiger partial charge >= 0.3 is 34.9 Å². The van der Waals surface area contributed by atoms with Gasteiger partial charge in [-0.1, -0.05) is 0 Å². The Morgan fingerprint density at radius 1 is 0.459 bits per heavy atom. The second-order valence-corrected chi connectivity index (χ2v) is 47.3. The number of H-pyrrole nitrogens is 4. The highest BCUT2D eigenvalue weighted by molar-refractivity contribution is 7.73. The van der Waals surface area contributed by atoms with Gasteiger partial charge in [0, 0.05) is 55.9 Å². The van der Waals surface area contributed by atoms with Gasteiger partial charge in [-0.3, -0.25) is 76.6 Å². The average molecular weight is 1630 g/mol. The van der Waals surface area contributed by atoms with Crippen molar-refractivity contribution >= 4 is 81.8 Å². The Hall–Kier alpha value is -6.66. The van der Waals surface area contributed by atoms with Crippen molar-refractivity contribution in [2.24, 2.45) is 0 Å². The van der Waals surface area contributed by atoms with E-state index < -0.39 is 212 Å². The van der Waals surface area contributed by atoms with Crippen LogP contribution in [0, 0.1) is 0 Å². The minimum absolute atomic E-state index is 0.0911. The van der Waals surface area contributed by atoms with Crippen LogP contribution < -0.4 is 45.0 Å². The van der Waals surface area contributed by atoms with Gasteiger partial charge < -0.3 is 69.3 Å². The molecule has 4 aliphatic rings. The van der Waals surface area contributed by atoms with Crippen LogP contribution in [-0.4, -0.2) is 298 Å². The summed E-state index contributed by atoms with van der Waals surface area (Å²) in [5.41, 5.74) is -7.71. The molecule has 0 aromatic carbocycles. The molecule has 0 aliphatic carbocycles. The number of esters is 1. The summed E-state index contributed by atoms with van der Waals surface area (Å²) in [6.07, 6.45) is -1.58. The Morgan fingerprint density at radius 2 is 0.743 bits per heavy atom. The molecule has 0 saturated carbocycles. The maximum Gasteiger partial charge on any atom is 0.490 e. The summed E-state index contributed by atoms with van der Waals surface area (Å²) in [6.45, 7) is 15.4. The quantitative estimate of drug-likeness (QED) is 0.0246. The van der Waals surface area contributed by atoms with Crippen LogP contribution >= 0.6 is 27.5 Å². The fourth-order valence-corrected chi connectivity index (χ4v) is 15.5. The molecule has 109 heavy (non-hydrogen) atoms. The fraction of sp³-hybridized carbons (Fsp3) is 0.627. The normalized spacial score (nSPS) is 26.2. The zero-order valence-electron chi connectivity index (χ0n) is 62.6. The first kappa shape index (κ1) is 92.9. The Bertz CT molecular complexity index is 4670. The highest BCUT2D eigenvalue weighted by Gasteiger charge is 2.49. The molecule has 0 radical (unpaired) electrons. The summed E-state index contributed by atoms with van der Waals surface area (Å²) in [4.78, 5) is 161. The number of carbonyl (C=O) groups excluding carboxylic acids is 5. The maximum absolute atomic E-state index is 12.6. The first-order chi connectivity index (χ1) is 50.0. The molecule has 8 rings (SSSR count). The first-order valence-electron chi connectivity index (χ1n) is 33.9. The zero-order valence-corrected chi connectivity index (χ0v) is 66.2. The molecule has 2 unspecified atom stereocenters. The van der Waals surface area contributed by atoms with Crippen LogP contribution in [0.5, 0.6) is 0 Å². The standard InChI is InChI=1S/C18H24F3N2O8P.C17H27N2O6P.C16H25N2O7P.C16H25N2O6P/c1-8(24)13(31-16(28)18(19,20)21)9-7-23(17(29)22-14(9)27)15-12(26)11(25)10(30-15)5-6-32(2,3)4;1-10(20)8-11-9-19(17(23)18-15(11)22)16-14(24-2)13(21)12(25-16)6-7-26(3,4)5;1-8(19)11(20)9-7-18(16(24)17-14(9)23)15-13(22)12(21)10(25-15)5-6-26(2,3)4;1-9(19)7-10-8-18(16(23)17-14(10)22)15-13(21)12(20)11(24-15)5-6-25(2,3)4/h7,10-13,15,25-26H,2,5-6H2,1,3-4H3,(H,22,27,29);9,12-14,16,21H,3,6-8H2,1-2,4-5H3,(H,18,22,23);7,10-13,15,20-22H,2,5-6H2,1,3-4H3,(H,17,23,24);8,11-13,15,20-21H,2,5-7H2,1,3-4H3,(H,17,22,23)/t10-,11-,12-,13?,15-;12-,13-,14-,16-;10-,11?,12-,13-,15-;11-,12-,13-,15-/m1111/s1. The van der Waals surface area contributed by atoms with Crippen LogP contribution in [0.25, 0.3) is 0 Å². The van der Waals surface area contributed by atoms with Crippen LogP contribution in [0.15, 0.2) is 63.1 Å². The summed E-state index contributed by atoms with van der Waals surface area (Å²) in [7, 11) is 1.43. The van der Waals surface area contributed by atoms with Crippen LogP contribution in [0.4, 0.5) is 13.2 Å². The number of methoxy groups -OCH3 is 1. The van der Waals surface area contributed by atoms with Crippen molar-refractivity contribution in [2.45, 2.75) is 183 Å². The number of aliphatic hydroxyl groups excluding tert-OH is 8. The van der Waals surface area contributed by atoms with Crippen LogP contribution in [0.2, 0.25) is 0 Å². The molecule has 4 aromatic heterocycles. The number of rotatable bonds is 26. The molecule has 612 valence electrons. The van der Waals surface area contributed by atoms with E-state index in [1.54, 1.807) is 4.98 Å². The lowest BCUT2D eigenvalue weighted by atomic mass is 10.1. The minimum atomic E-state index is -5.43. The summed E-state index contributed by atoms with van der Waals surface area (Å²) in [6, 6.07) is 0. The van der Waals surface area contributed by atoms with Crippen molar-refractivity contribution in [1.82, 2.24) is 38.2 Å². The lowest BCUT2D eigenvalue weighted by Gasteiger charge is -2.21. The number of aliphatic hydroxyl groups is 8. The largest absolute Gasteiger partial charge is 0.490 e. The number of hydrogen-bond donors (Lipinski definition) is 12. The number of aromatic nitrogens is 8. The van der Waals surface area contributed by atoms with Gasteiger partial charge in [0.05, 0.1) is 35.5 Å². The molecule has 4 saturated heterocycles. The number of halogens is 3. The number of aromatic amines is 4. The summed E-state index contributed by atoms with van der Waals surface area (Å²) in [5, 5.41) is 82.0. The van der Waals surface area contributed by atoms with Crippen LogP contribution in [0.3, 0.4) is 0 Å². The first-order valence-corrected chi connectivity index (χ1v) is 46.1. The van der Waals surface area contributed by atoms with Crippen LogP contribution in [-0.2, 0) is 65.2 Å². The fourth-order valence-electron chi connectivity index (χ4n) is 11.7. The molecule has 4 fully saturated rings. The van der Waals surface area contributed by atoms with E-state index in [-0.39, 0.29) is 41.1 Å². The second kappa shape index (κ2) is 37.8. The van der Waals surface area contributed by atoms with E-state index in [4.69, 9.17) is 23.7 Å². The molecule has 18 atom stereocenters. The van der Waals surface area contributed by atoms with Gasteiger partial charge in [-0.2, -0.15) is 13.2 Å². The van der Waals surface area contributed by atoms with Crippen molar-refractivity contribution in [3.8, 4) is 0 Å². The molecule has 0 spiro atoms. The predicted molar refractivity (Wildman–Crippen MR) is 405 cm³/mol. The second-order valence-electron chi connectivity index (χ2n) is 30.0. The van der Waals surface area contributed by atoms with Crippen LogP contribution in [0.1, 0.15) is 113 Å². The minimum Gasteiger partial charge on any atom is -0.442 e. The third kappa shape index (κ3) is 25.7. The molecule has 42 heteroatoms. The third-order valence-corrected chi connectivity index (χ3v) is 23.4. The number of alkyl halides is 3. The molecule has 8 heterocycles. The topological polar surface area (TPSA) is 522 Å². The van der Waals surface area contributed by atoms with E-state index in [0.717, 1.165) is 47.7 Å². The highest BCUT2D eigenvalue weighted by Crippen LogP contribution is 2.43. The zero-order chi connectivity index (χ0) is 83.0. The van der Waals surface area contributed by atoms with Crippen molar-refractivity contribution in [3.05, 3.63) is 130 Å². The van der Waals surface area contributed by atoms with Gasteiger partial charge in [-0.25, -0.2) is 24.0 Å². The summed E-state index contributed by atoms with van der Waals surface area (Å²) in [5.74, 6) is -4.93. The summed E-state index contributed by atoms with van der Waals surface area (Å²) < 4.78 is 73.7. The van der Waals surface area contributed by atoms with E-state index >= 15 is 0 Å². The number of Topliss-reactive ketones (excluding diaryl/α,β-unsaturated/α-hetero) is 4. The Balaban J connectivity index is 0.000000262. The molecule has 12 N–H and O–H groups in total. The number of hydrogen-bond acceptors (Lipinski definition) is 27. The van der Waals surface area contributed by atoms with Gasteiger partial charge in [0.15, 0.2) is 42.6 Å².